The molecule has 646 valence electrons. The zero-order chi connectivity index (χ0) is 86.5. The second-order valence-electron chi connectivity index (χ2n) is 41.8. The molecule has 0 radical (unpaired) electrons. The van der Waals surface area contributed by atoms with E-state index in [-0.39, 0.29) is 108 Å². The van der Waals surface area contributed by atoms with Crippen molar-refractivity contribution in [2.24, 2.45) is 130 Å². The number of carbonyl (C=O) groups excluding carboxylic acids is 5. The summed E-state index contributed by atoms with van der Waals surface area (Å²) in [6.07, 6.45) is 20.6. The molecule has 8 N–H and O–H groups in total. The maximum Gasteiger partial charge on any atom is 0.242 e. The van der Waals surface area contributed by atoms with E-state index in [2.05, 4.69) is 29.5 Å². The number of rotatable bonds is 8. The van der Waals surface area contributed by atoms with Crippen molar-refractivity contribution in [3.05, 3.63) is 106 Å². The number of allylic oxidation sites excluding steroid dienone is 15. The minimum Gasteiger partial charge on any atom is -0.390 e. The van der Waals surface area contributed by atoms with Crippen molar-refractivity contribution < 1.29 is 87.1 Å². The van der Waals surface area contributed by atoms with E-state index in [0.29, 0.717) is 77.2 Å². The monoisotopic (exact) mass is 1720 g/mol. The highest BCUT2D eigenvalue weighted by atomic mass is 35.5. The summed E-state index contributed by atoms with van der Waals surface area (Å²) in [5.74, 6) is -7.04. The summed E-state index contributed by atoms with van der Waals surface area (Å²) in [5, 5.41) is 95.7. The molecule has 24 heteroatoms. The maximum atomic E-state index is 17.4. The van der Waals surface area contributed by atoms with Gasteiger partial charge in [-0.3, -0.25) is 29.0 Å². The largest absolute Gasteiger partial charge is 0.390 e. The highest BCUT2D eigenvalue weighted by molar-refractivity contribution is 6.30. The molecule has 0 aromatic rings. The lowest BCUT2D eigenvalue weighted by Crippen LogP contribution is -2.70. The van der Waals surface area contributed by atoms with Gasteiger partial charge in [0.25, 0.3) is 0 Å². The molecular weight excluding hydrogens is 1600 g/mol. The van der Waals surface area contributed by atoms with E-state index in [0.717, 1.165) is 63.3 Å². The number of alkyl halides is 8. The number of halogens is 8. The van der Waals surface area contributed by atoms with E-state index in [9.17, 15) is 64.8 Å². The Morgan fingerprint density at radius 1 is 0.492 bits per heavy atom. The normalized spacial score (nSPS) is 52.1. The van der Waals surface area contributed by atoms with Gasteiger partial charge in [0.15, 0.2) is 47.0 Å². The molecule has 2 aliphatic heterocycles. The van der Waals surface area contributed by atoms with Crippen molar-refractivity contribution in [2.75, 3.05) is 30.1 Å². The predicted molar refractivity (Wildman–Crippen MR) is 447 cm³/mol. The first-order valence-electron chi connectivity index (χ1n) is 43.2. The number of ketones is 5. The minimum absolute atomic E-state index is 0.0207. The van der Waals surface area contributed by atoms with Crippen LogP contribution in [0.25, 0.3) is 0 Å². The lowest BCUT2D eigenvalue weighted by molar-refractivity contribution is -0.464. The summed E-state index contributed by atoms with van der Waals surface area (Å²) >= 11 is 23.4. The van der Waals surface area contributed by atoms with Crippen molar-refractivity contribution in [3.63, 3.8) is 0 Å². The molecule has 12 saturated carbocycles. The Labute approximate surface area is 711 Å². The smallest absolute Gasteiger partial charge is 0.242 e. The molecule has 12 fully saturated rings. The van der Waals surface area contributed by atoms with Crippen molar-refractivity contribution in [2.45, 2.75) is 269 Å². The van der Waals surface area contributed by atoms with Gasteiger partial charge in [-0.1, -0.05) is 140 Å². The first-order valence-corrected chi connectivity index (χ1v) is 45.3. The van der Waals surface area contributed by atoms with Gasteiger partial charge in [-0.15, -0.1) is 46.4 Å². The third kappa shape index (κ3) is 10.8. The third-order valence-corrected chi connectivity index (χ3v) is 38.5. The lowest BCUT2D eigenvalue weighted by atomic mass is 9.43. The molecule has 16 nitrogen and oxygen atoms in total. The number of Topliss-reactive ketones (excluding diaryl/α,β-unsaturated/α-hetero) is 4. The standard InChI is InChI=1S/C24H31ClFN2O3.C24H31ClFNO3.C23H30ClFO4.C23H30ClFO3/c1-13-7-17-16-6-5-15-8-18-14(12-27-28(18)4)9-21(15,2)23(16,26)19(29)10-22(17,3)24(13,31)20(30)11-25;1-13-8-17-16-5-4-15-9-18-14(6-7-27-18)10-21(15,2)23(16,26)19(28)11-22(17,3)24(13,30)20(29)12-25;1-12-7-17-16-8-13(2)23(29,19(28)11-24)21(16,4)10-18(27)22(17,25)20(3)6-5-14(26)9-15(12)20;1-13-7-8-20(3)15(9-13)5-6-16-17-10-14(2)23(28,19(27)12-24)21(17,4)11-18(26)22(16,20)25/h8,12-13,16-17,19,29,31H,4-7,9-11H2,1-3H3;6,9,13,16-17,19,28,30H,4-5,7-8,10-12H2,1-3H3;5-6,9,12-13,16-18,27,29H,7-8,10-11H2,1-4H3;7-9,14,16-18,26,28H,1,5-6,10-12H2,2-4H3/q+1;;;/t2*13-,16-,17-,19-,21-,22-,23-,24-;12-,13-,16-,17-,18-,20-,21-,22-,23-;14-,16-,17-,18-,20-,21-,22-,23-/m0000/s1. The number of aliphatic hydroxyl groups is 8. The number of fused-ring (bicyclic) bond motifs is 21. The molecule has 0 amide bonds. The molecule has 0 bridgehead atoms. The van der Waals surface area contributed by atoms with Crippen LogP contribution >= 0.6 is 46.4 Å². The molecule has 33 atom stereocenters. The predicted octanol–water partition coefficient (Wildman–Crippen LogP) is 14.7. The van der Waals surface area contributed by atoms with Crippen LogP contribution < -0.4 is 0 Å². The van der Waals surface area contributed by atoms with Crippen LogP contribution in [0.3, 0.4) is 0 Å². The molecule has 18 aliphatic rings. The molecule has 118 heavy (non-hydrogen) atoms. The van der Waals surface area contributed by atoms with Gasteiger partial charge in [0, 0.05) is 73.1 Å². The summed E-state index contributed by atoms with van der Waals surface area (Å²) in [6, 6.07) is 0. The summed E-state index contributed by atoms with van der Waals surface area (Å²) in [5.41, 5.74) is -12.9. The molecule has 18 rings (SSSR count). The van der Waals surface area contributed by atoms with Crippen molar-refractivity contribution >= 4 is 94.0 Å². The van der Waals surface area contributed by atoms with Gasteiger partial charge in [-0.05, 0) is 211 Å². The molecule has 2 heterocycles. The summed E-state index contributed by atoms with van der Waals surface area (Å²) in [6.45, 7) is 32.8. The highest BCUT2D eigenvalue weighted by Crippen LogP contribution is 2.77. The average molecular weight is 1720 g/mol. The van der Waals surface area contributed by atoms with Crippen LogP contribution in [0.2, 0.25) is 0 Å². The van der Waals surface area contributed by atoms with Crippen molar-refractivity contribution in [1.29, 1.82) is 0 Å². The number of hydrazone groups is 1. The summed E-state index contributed by atoms with van der Waals surface area (Å²) in [7, 11) is 0. The Morgan fingerprint density at radius 2 is 0.864 bits per heavy atom. The quantitative estimate of drug-likeness (QED) is 0.0639. The Morgan fingerprint density at radius 3 is 1.30 bits per heavy atom. The summed E-state index contributed by atoms with van der Waals surface area (Å²) in [4.78, 5) is 67.5. The second kappa shape index (κ2) is 28.5. The van der Waals surface area contributed by atoms with Gasteiger partial charge in [0.05, 0.1) is 65.8 Å². The van der Waals surface area contributed by atoms with Crippen molar-refractivity contribution in [1.82, 2.24) is 0 Å². The Kier molecular flexibility index (Phi) is 21.4. The van der Waals surface area contributed by atoms with Crippen LogP contribution in [-0.2, 0) is 24.0 Å². The first-order chi connectivity index (χ1) is 54.8. The minimum atomic E-state index is -1.97. The van der Waals surface area contributed by atoms with Gasteiger partial charge in [0.1, 0.15) is 40.0 Å². The van der Waals surface area contributed by atoms with E-state index in [1.807, 2.05) is 113 Å². The van der Waals surface area contributed by atoms with E-state index in [1.54, 1.807) is 23.9 Å². The molecule has 0 aromatic carbocycles. The molecule has 0 spiro atoms. The Hall–Kier alpha value is -4.42. The van der Waals surface area contributed by atoms with Gasteiger partial charge in [-0.2, -0.15) is 0 Å². The number of hydrogen-bond donors (Lipinski definition) is 8. The van der Waals surface area contributed by atoms with Crippen LogP contribution in [0.15, 0.2) is 116 Å². The SMILES string of the molecule is C=C1C=C[C@@]2(C)C(=C1)CC[C@H]1[C@@H]3C[C@H](C)[C@](O)(C(=O)CCl)[C@@]3(C)C[C@H](O)[C@@]12F.C=[N+]1N=CC2=C1C=C1CC[C@H]3[C@@H]4C[C@H](C)[C@](O)(C(=O)CCl)[C@@]4(C)C[C@H](O)[C@]3(F)[C@@]1(C)C2.C[C@H]1C[C@H]2[C@@H]3CCC4=CC5=NCC=C5C[C@]4(C)[C@@]3(F)[C@@H](O)C[C@]2(C)[C@@]1(O)C(=O)CCl.C[C@H]1C[C@H]2[C@@H]3C[C@H](C)[C@](O)(C(=O)CCl)[C@@]3(C)C[C@H](O)[C@]2(F)[C@@]2(C)C=CC(=O)C=C12. The Balaban J connectivity index is 0.000000123. The van der Waals surface area contributed by atoms with Gasteiger partial charge < -0.3 is 40.9 Å². The van der Waals surface area contributed by atoms with Crippen LogP contribution in [0, 0.1) is 120 Å². The topological polar surface area (TPSA) is 275 Å². The highest BCUT2D eigenvalue weighted by Gasteiger charge is 2.82. The average Bonchev–Trinajstić information content (AvgIpc) is 1.44. The van der Waals surface area contributed by atoms with Crippen molar-refractivity contribution in [3.8, 4) is 0 Å². The number of nitrogens with zero attached hydrogens (tertiary/aromatic N) is 3. The fourth-order valence-corrected chi connectivity index (χ4v) is 32.1. The molecule has 0 aromatic heterocycles. The zero-order valence-electron chi connectivity index (χ0n) is 70.5. The molecule has 0 unspecified atom stereocenters. The maximum absolute atomic E-state index is 17.4. The molecular formula is C94H122Cl4F4N3O13+. The van der Waals surface area contributed by atoms with Crippen LogP contribution in [0.4, 0.5) is 17.6 Å². The first kappa shape index (κ1) is 88.4. The zero-order valence-corrected chi connectivity index (χ0v) is 73.6. The van der Waals surface area contributed by atoms with Gasteiger partial charge in [-0.25, -0.2) is 17.6 Å². The van der Waals surface area contributed by atoms with E-state index >= 15 is 17.6 Å². The summed E-state index contributed by atoms with van der Waals surface area (Å²) < 4.78 is 70.3. The fourth-order valence-electron chi connectivity index (χ4n) is 31.3. The van der Waals surface area contributed by atoms with Crippen LogP contribution in [0.5, 0.6) is 0 Å². The van der Waals surface area contributed by atoms with Gasteiger partial charge >= 0.3 is 0 Å². The molecule has 0 saturated heterocycles. The van der Waals surface area contributed by atoms with E-state index < -0.39 is 160 Å². The third-order valence-electron chi connectivity index (χ3n) is 37.5. The van der Waals surface area contributed by atoms with Crippen LogP contribution in [0.1, 0.15) is 199 Å². The van der Waals surface area contributed by atoms with Crippen LogP contribution in [-0.4, -0.2) is 193 Å². The molecule has 16 aliphatic carbocycles. The van der Waals surface area contributed by atoms with E-state index in [1.165, 1.54) is 12.2 Å². The lowest BCUT2D eigenvalue weighted by Gasteiger charge is -2.63. The number of hydrogen-bond acceptors (Lipinski definition) is 15. The van der Waals surface area contributed by atoms with E-state index in [4.69, 9.17) is 46.4 Å². The fraction of sp³-hybridized carbons (Fsp3) is 0.723. The van der Waals surface area contributed by atoms with Gasteiger partial charge in [0.2, 0.25) is 5.70 Å². The number of aliphatic hydroxyl groups excluding tert-OH is 4. The number of carbonyl (C=O) groups is 5. The second-order valence-corrected chi connectivity index (χ2v) is 42.8. The Bertz CT molecular complexity index is 4690. The number of aliphatic imine (C=N–C) groups is 1.